The largest absolute Gasteiger partial charge is 0.323 e. The van der Waals surface area contributed by atoms with Crippen LogP contribution in [0.4, 0.5) is 0 Å². The highest BCUT2D eigenvalue weighted by molar-refractivity contribution is 7.14. The maximum atomic E-state index is 5.76. The fourth-order valence-corrected chi connectivity index (χ4v) is 3.19. The van der Waals surface area contributed by atoms with Crippen molar-refractivity contribution < 1.29 is 0 Å². The molecule has 0 fully saturated rings. The van der Waals surface area contributed by atoms with Crippen LogP contribution in [0.5, 0.6) is 0 Å². The summed E-state index contributed by atoms with van der Waals surface area (Å²) in [6, 6.07) is 1.99. The van der Waals surface area contributed by atoms with Gasteiger partial charge < -0.3 is 5.73 Å². The summed E-state index contributed by atoms with van der Waals surface area (Å²) >= 11 is 3.33. The zero-order valence-corrected chi connectivity index (χ0v) is 12.0. The van der Waals surface area contributed by atoms with Gasteiger partial charge in [0.25, 0.3) is 0 Å². The van der Waals surface area contributed by atoms with Crippen LogP contribution in [0.2, 0.25) is 0 Å². The Balaban J connectivity index is 1.76. The first-order valence-electron chi connectivity index (χ1n) is 5.85. The van der Waals surface area contributed by atoms with Crippen LogP contribution < -0.4 is 5.73 Å². The normalized spacial score (nSPS) is 12.7. The molecule has 0 spiro atoms. The Labute approximate surface area is 118 Å². The Hall–Kier alpha value is -1.57. The Morgan fingerprint density at radius 1 is 1.42 bits per heavy atom. The van der Waals surface area contributed by atoms with Gasteiger partial charge in [0, 0.05) is 22.4 Å². The minimum absolute atomic E-state index is 0.0921. The van der Waals surface area contributed by atoms with Crippen LogP contribution in [0, 0.1) is 0 Å². The molecule has 0 radical (unpaired) electrons. The molecule has 0 amide bonds. The maximum Gasteiger partial charge on any atom is 0.124 e. The van der Waals surface area contributed by atoms with Crippen LogP contribution in [0.1, 0.15) is 24.4 Å². The summed E-state index contributed by atoms with van der Waals surface area (Å²) in [4.78, 5) is 4.61. The molecule has 19 heavy (non-hydrogen) atoms. The van der Waals surface area contributed by atoms with E-state index in [-0.39, 0.29) is 6.04 Å². The van der Waals surface area contributed by atoms with Gasteiger partial charge in [0.05, 0.1) is 24.1 Å². The minimum atomic E-state index is -0.0921. The fourth-order valence-electron chi connectivity index (χ4n) is 1.66. The van der Waals surface area contributed by atoms with E-state index in [1.165, 1.54) is 5.56 Å². The van der Waals surface area contributed by atoms with Crippen molar-refractivity contribution in [1.82, 2.24) is 20.0 Å². The van der Waals surface area contributed by atoms with Crippen LogP contribution in [0.3, 0.4) is 0 Å². The number of hydrogen-bond acceptors (Lipinski definition) is 6. The quantitative estimate of drug-likeness (QED) is 0.802. The topological polar surface area (TPSA) is 69.6 Å². The van der Waals surface area contributed by atoms with Gasteiger partial charge >= 0.3 is 0 Å². The van der Waals surface area contributed by atoms with Gasteiger partial charge in [0.2, 0.25) is 0 Å². The third-order valence-corrected chi connectivity index (χ3v) is 4.29. The van der Waals surface area contributed by atoms with Crippen molar-refractivity contribution in [2.75, 3.05) is 0 Å². The first-order valence-corrected chi connectivity index (χ1v) is 7.67. The Morgan fingerprint density at radius 2 is 2.32 bits per heavy atom. The second kappa shape index (κ2) is 5.20. The van der Waals surface area contributed by atoms with E-state index in [9.17, 15) is 0 Å². The second-order valence-electron chi connectivity index (χ2n) is 4.29. The van der Waals surface area contributed by atoms with E-state index < -0.39 is 0 Å². The van der Waals surface area contributed by atoms with E-state index in [4.69, 9.17) is 5.73 Å². The molecule has 0 aliphatic heterocycles. The molecule has 1 atom stereocenters. The second-order valence-corrected chi connectivity index (χ2v) is 5.92. The molecule has 2 N–H and O–H groups in total. The van der Waals surface area contributed by atoms with Crippen molar-refractivity contribution in [2.24, 2.45) is 5.73 Å². The van der Waals surface area contributed by atoms with E-state index in [0.29, 0.717) is 6.54 Å². The average Bonchev–Trinajstić information content (AvgIpc) is 3.09. The summed E-state index contributed by atoms with van der Waals surface area (Å²) < 4.78 is 1.77. The lowest BCUT2D eigenvalue weighted by atomic mass is 10.3. The molecule has 3 rings (SSSR count). The van der Waals surface area contributed by atoms with E-state index >= 15 is 0 Å². The molecule has 0 saturated heterocycles. The van der Waals surface area contributed by atoms with Gasteiger partial charge in [-0.15, -0.1) is 16.4 Å². The van der Waals surface area contributed by atoms with Gasteiger partial charge in [-0.3, -0.25) is 0 Å². The standard InChI is InChI=1S/C12H13N5S2/c1-8(13)11-5-17(16-15-11)4-10-7-19-12(14-10)9-2-3-18-6-9/h2-3,5-8H,4,13H2,1H3. The molecule has 0 aromatic carbocycles. The monoisotopic (exact) mass is 291 g/mol. The van der Waals surface area contributed by atoms with E-state index in [2.05, 4.69) is 37.5 Å². The molecular formula is C12H13N5S2. The number of thiazole rings is 1. The lowest BCUT2D eigenvalue weighted by Crippen LogP contribution is -2.05. The number of aromatic nitrogens is 4. The molecule has 0 aliphatic rings. The third kappa shape index (κ3) is 2.73. The molecule has 7 heteroatoms. The molecule has 0 aliphatic carbocycles. The van der Waals surface area contributed by atoms with Gasteiger partial charge in [-0.2, -0.15) is 11.3 Å². The van der Waals surface area contributed by atoms with Gasteiger partial charge in [0.15, 0.2) is 0 Å². The van der Waals surface area contributed by atoms with E-state index in [1.807, 2.05) is 13.1 Å². The summed E-state index contributed by atoms with van der Waals surface area (Å²) in [6.45, 7) is 2.52. The van der Waals surface area contributed by atoms with Crippen LogP contribution in [0.25, 0.3) is 10.6 Å². The minimum Gasteiger partial charge on any atom is -0.323 e. The van der Waals surface area contributed by atoms with Crippen LogP contribution in [-0.4, -0.2) is 20.0 Å². The zero-order chi connectivity index (χ0) is 13.2. The molecule has 3 aromatic heterocycles. The molecule has 5 nitrogen and oxygen atoms in total. The Morgan fingerprint density at radius 3 is 3.00 bits per heavy atom. The molecule has 98 valence electrons. The number of nitrogens with zero attached hydrogens (tertiary/aromatic N) is 4. The van der Waals surface area contributed by atoms with Crippen molar-refractivity contribution >= 4 is 22.7 Å². The number of nitrogens with two attached hydrogens (primary N) is 1. The van der Waals surface area contributed by atoms with E-state index in [1.54, 1.807) is 27.4 Å². The summed E-state index contributed by atoms with van der Waals surface area (Å²) in [5, 5.41) is 15.4. The fraction of sp³-hybridized carbons (Fsp3) is 0.250. The molecular weight excluding hydrogens is 278 g/mol. The lowest BCUT2D eigenvalue weighted by molar-refractivity contribution is 0.640. The van der Waals surface area contributed by atoms with E-state index in [0.717, 1.165) is 16.4 Å². The SMILES string of the molecule is CC(N)c1cn(Cc2csc(-c3ccsc3)n2)nn1. The van der Waals surface area contributed by atoms with Crippen molar-refractivity contribution in [3.05, 3.63) is 39.8 Å². The van der Waals surface area contributed by atoms with Crippen LogP contribution >= 0.6 is 22.7 Å². The predicted octanol–water partition coefficient (Wildman–Crippen LogP) is 2.53. The predicted molar refractivity (Wildman–Crippen MR) is 77.2 cm³/mol. The highest BCUT2D eigenvalue weighted by Crippen LogP contribution is 2.25. The summed E-state index contributed by atoms with van der Waals surface area (Å²) in [7, 11) is 0. The molecule has 3 aromatic rings. The summed E-state index contributed by atoms with van der Waals surface area (Å²) in [5.74, 6) is 0. The molecule has 0 bridgehead atoms. The van der Waals surface area contributed by atoms with Gasteiger partial charge in [0.1, 0.15) is 5.01 Å². The third-order valence-electron chi connectivity index (χ3n) is 2.67. The first-order chi connectivity index (χ1) is 9.22. The van der Waals surface area contributed by atoms with Crippen molar-refractivity contribution in [1.29, 1.82) is 0 Å². The number of hydrogen-bond donors (Lipinski definition) is 1. The lowest BCUT2D eigenvalue weighted by Gasteiger charge is -1.97. The number of thiophene rings is 1. The number of rotatable bonds is 4. The molecule has 3 heterocycles. The van der Waals surface area contributed by atoms with Crippen LogP contribution in [-0.2, 0) is 6.54 Å². The first kappa shape index (κ1) is 12.5. The van der Waals surface area contributed by atoms with Gasteiger partial charge in [-0.05, 0) is 18.4 Å². The average molecular weight is 291 g/mol. The van der Waals surface area contributed by atoms with Crippen molar-refractivity contribution in [2.45, 2.75) is 19.5 Å². The Kier molecular flexibility index (Phi) is 3.41. The zero-order valence-electron chi connectivity index (χ0n) is 10.4. The highest BCUT2D eigenvalue weighted by Gasteiger charge is 2.08. The van der Waals surface area contributed by atoms with Gasteiger partial charge in [-0.25, -0.2) is 9.67 Å². The smallest absolute Gasteiger partial charge is 0.124 e. The Bertz CT molecular complexity index is 653. The summed E-state index contributed by atoms with van der Waals surface area (Å²) in [5.41, 5.74) is 8.73. The van der Waals surface area contributed by atoms with Gasteiger partial charge in [-0.1, -0.05) is 5.21 Å². The maximum absolute atomic E-state index is 5.76. The molecule has 1 unspecified atom stereocenters. The highest BCUT2D eigenvalue weighted by atomic mass is 32.1. The van der Waals surface area contributed by atoms with Crippen LogP contribution in [0.15, 0.2) is 28.4 Å². The summed E-state index contributed by atoms with van der Waals surface area (Å²) in [6.07, 6.45) is 1.87. The van der Waals surface area contributed by atoms with Crippen molar-refractivity contribution in [3.8, 4) is 10.6 Å². The van der Waals surface area contributed by atoms with Crippen molar-refractivity contribution in [3.63, 3.8) is 0 Å². The molecule has 0 saturated carbocycles.